The summed E-state index contributed by atoms with van der Waals surface area (Å²) in [6.45, 7) is 1.38. The van der Waals surface area contributed by atoms with E-state index in [1.54, 1.807) is 66.9 Å². The molecule has 2 bridgehead atoms. The molecule has 0 spiro atoms. The number of unbranched alkanes of at least 4 members (excludes halogenated alkanes) is 1. The highest BCUT2D eigenvalue weighted by atomic mass is 32.2. The van der Waals surface area contributed by atoms with Crippen molar-refractivity contribution in [2.75, 3.05) is 65.1 Å². The Kier molecular flexibility index (Phi) is 30.1. The number of urea groups is 1. The van der Waals surface area contributed by atoms with E-state index in [0.29, 0.717) is 42.2 Å². The summed E-state index contributed by atoms with van der Waals surface area (Å²) in [5.41, 5.74) is 12.7. The van der Waals surface area contributed by atoms with Gasteiger partial charge in [-0.25, -0.2) is 4.79 Å². The van der Waals surface area contributed by atoms with E-state index in [1.807, 2.05) is 11.8 Å². The van der Waals surface area contributed by atoms with Crippen molar-refractivity contribution in [1.29, 1.82) is 5.41 Å². The molecule has 498 valence electrons. The van der Waals surface area contributed by atoms with E-state index in [1.165, 1.54) is 11.6 Å². The van der Waals surface area contributed by atoms with Crippen molar-refractivity contribution in [2.24, 2.45) is 11.5 Å². The number of aromatic nitrogens is 3. The first kappa shape index (κ1) is 71.6. The van der Waals surface area contributed by atoms with Gasteiger partial charge in [0.2, 0.25) is 53.2 Å². The maximum absolute atomic E-state index is 14.7. The van der Waals surface area contributed by atoms with Gasteiger partial charge >= 0.3 is 6.03 Å². The predicted octanol–water partition coefficient (Wildman–Crippen LogP) is -3.46. The summed E-state index contributed by atoms with van der Waals surface area (Å²) < 4.78 is 18.3. The van der Waals surface area contributed by atoms with Crippen LogP contribution in [-0.2, 0) is 83.2 Å². The van der Waals surface area contributed by atoms with E-state index in [0.717, 1.165) is 25.0 Å². The summed E-state index contributed by atoms with van der Waals surface area (Å²) >= 11 is 1.85. The molecule has 3 aliphatic heterocycles. The van der Waals surface area contributed by atoms with E-state index >= 15 is 0 Å². The number of fused-ring (bicyclic) bond motifs is 3. The summed E-state index contributed by atoms with van der Waals surface area (Å²) in [7, 11) is 0. The molecule has 17 N–H and O–H groups in total. The van der Waals surface area contributed by atoms with Gasteiger partial charge in [0.15, 0.2) is 5.96 Å². The quantitative estimate of drug-likeness (QED) is 0.0153. The van der Waals surface area contributed by atoms with Crippen LogP contribution in [0.3, 0.4) is 0 Å². The van der Waals surface area contributed by atoms with Crippen molar-refractivity contribution in [3.8, 4) is 0 Å². The number of nitrogens with zero attached hydrogens (tertiary/aromatic N) is 3. The fourth-order valence-electron chi connectivity index (χ4n) is 10.2. The second kappa shape index (κ2) is 38.3. The normalized spacial score (nSPS) is 23.9. The van der Waals surface area contributed by atoms with Gasteiger partial charge in [0.05, 0.1) is 57.4 Å². The van der Waals surface area contributed by atoms with Crippen molar-refractivity contribution in [3.63, 3.8) is 0 Å². The van der Waals surface area contributed by atoms with Crippen molar-refractivity contribution < 1.29 is 67.3 Å². The van der Waals surface area contributed by atoms with Crippen LogP contribution < -0.4 is 70.0 Å². The minimum Gasteiger partial charge on any atom is -0.394 e. The third-order valence-corrected chi connectivity index (χ3v) is 16.6. The monoisotopic (exact) mass is 1290 g/mol. The zero-order chi connectivity index (χ0) is 65.5. The molecular formula is C59H87N17O14S. The van der Waals surface area contributed by atoms with Crippen LogP contribution >= 0.6 is 11.8 Å². The highest BCUT2D eigenvalue weighted by Gasteiger charge is 2.43. The summed E-state index contributed by atoms with van der Waals surface area (Å²) in [6.07, 6.45) is 4.88. The molecule has 2 saturated heterocycles. The Morgan fingerprint density at radius 2 is 1.29 bits per heavy atom. The largest absolute Gasteiger partial charge is 0.394 e. The van der Waals surface area contributed by atoms with Gasteiger partial charge in [-0.2, -0.15) is 11.8 Å². The second-order valence-corrected chi connectivity index (χ2v) is 23.5. The molecule has 0 radical (unpaired) electrons. The van der Waals surface area contributed by atoms with Gasteiger partial charge < -0.3 is 89.3 Å². The first-order valence-electron chi connectivity index (χ1n) is 30.6. The van der Waals surface area contributed by atoms with Crippen molar-refractivity contribution in [2.45, 2.75) is 150 Å². The molecule has 32 heteroatoms. The third-order valence-electron chi connectivity index (χ3n) is 15.1. The van der Waals surface area contributed by atoms with Crippen LogP contribution in [0, 0.1) is 5.41 Å². The van der Waals surface area contributed by atoms with Gasteiger partial charge in [-0.05, 0) is 63.0 Å². The molecule has 0 unspecified atom stereocenters. The van der Waals surface area contributed by atoms with Crippen LogP contribution in [0.2, 0.25) is 0 Å². The van der Waals surface area contributed by atoms with E-state index in [2.05, 4.69) is 68.8 Å². The maximum Gasteiger partial charge on any atom is 0.315 e. The number of nitrogens with two attached hydrogens (primary N) is 2. The Balaban J connectivity index is 1.11. The minimum atomic E-state index is -1.57. The van der Waals surface area contributed by atoms with Gasteiger partial charge in [0, 0.05) is 62.5 Å². The highest BCUT2D eigenvalue weighted by molar-refractivity contribution is 8.00. The van der Waals surface area contributed by atoms with E-state index in [9.17, 15) is 53.1 Å². The predicted molar refractivity (Wildman–Crippen MR) is 332 cm³/mol. The van der Waals surface area contributed by atoms with Gasteiger partial charge in [-0.1, -0.05) is 72.3 Å². The maximum atomic E-state index is 14.7. The van der Waals surface area contributed by atoms with Crippen molar-refractivity contribution >= 4 is 76.9 Å². The van der Waals surface area contributed by atoms with Gasteiger partial charge in [0.25, 0.3) is 0 Å². The first-order valence-corrected chi connectivity index (χ1v) is 31.7. The standard InChI is InChI=1S/C59H87N17O14S/c1-36-52(81)71-45(33-77)57(86)67-40(51(60)80)17-10-11-23-76-32-39(74-75-76)31-44(66-49(79)34-90-28-27-89-26-25-88-24-22-63-48(78)20-9-8-19-47-50-46(35-91-47)72-59(87)73-50)56(85)70-43(30-38-15-6-3-7-16-38)55(84)68-41(18-12-21-64-58(61)62)53(82)69-42(54(83)65-36)29-37-13-4-2-5-14-37/h2-7,13-16,32,36,40-47,50,77H,8-12,17-31,33-35H2,1H3,(H2,60,80)(H,63,78)(H,65,83)(H,66,79)(H,67,86)(H,68,84)(H,69,82)(H,70,85)(H,71,81)(H4,61,62,64)(H2,72,73,87)/t36-,40+,41-,42-,43-,44+,45-,46+,47+,50+/m1/s1. The van der Waals surface area contributed by atoms with Crippen LogP contribution in [0.4, 0.5) is 4.79 Å². The van der Waals surface area contributed by atoms with Crippen LogP contribution in [0.25, 0.3) is 0 Å². The van der Waals surface area contributed by atoms with Gasteiger partial charge in [0.1, 0.15) is 48.9 Å². The molecule has 2 aromatic carbocycles. The number of hydrogen-bond donors (Lipinski definition) is 15. The molecule has 3 aromatic rings. The number of rotatable bonds is 27. The number of carbonyl (C=O) groups is 10. The number of thioether (sulfide) groups is 1. The molecule has 0 aliphatic carbocycles. The number of benzene rings is 2. The molecule has 3 aliphatic rings. The van der Waals surface area contributed by atoms with E-state index in [4.69, 9.17) is 31.1 Å². The Bertz CT molecular complexity index is 2890. The first-order chi connectivity index (χ1) is 43.8. The topological polar surface area (TPSA) is 458 Å². The molecule has 31 nitrogen and oxygen atoms in total. The highest BCUT2D eigenvalue weighted by Crippen LogP contribution is 2.33. The number of aliphatic hydroxyl groups excluding tert-OH is 1. The second-order valence-electron chi connectivity index (χ2n) is 22.3. The number of aliphatic hydroxyl groups is 1. The lowest BCUT2D eigenvalue weighted by atomic mass is 10.0. The fraction of sp³-hybridized carbons (Fsp3) is 0.576. The van der Waals surface area contributed by atoms with E-state index < -0.39 is 103 Å². The summed E-state index contributed by atoms with van der Waals surface area (Å²) in [6, 6.07) is 7.80. The molecular weight excluding hydrogens is 1200 g/mol. The minimum absolute atomic E-state index is 0.0108. The zero-order valence-electron chi connectivity index (χ0n) is 51.0. The summed E-state index contributed by atoms with van der Waals surface area (Å²) in [5.74, 6) is -6.26. The zero-order valence-corrected chi connectivity index (χ0v) is 51.9. The Morgan fingerprint density at radius 1 is 0.670 bits per heavy atom. The fourth-order valence-corrected chi connectivity index (χ4v) is 11.8. The molecule has 6 rings (SSSR count). The Morgan fingerprint density at radius 3 is 1.96 bits per heavy atom. The lowest BCUT2D eigenvalue weighted by molar-refractivity contribution is -0.136. The molecule has 91 heavy (non-hydrogen) atoms. The van der Waals surface area contributed by atoms with Gasteiger partial charge in [-0.15, -0.1) is 5.10 Å². The number of guanidine groups is 1. The third kappa shape index (κ3) is 25.4. The lowest BCUT2D eigenvalue weighted by Gasteiger charge is -2.27. The number of hydrogen-bond acceptors (Lipinski definition) is 18. The molecule has 1 aromatic heterocycles. The van der Waals surface area contributed by atoms with Crippen LogP contribution in [-0.4, -0.2) is 210 Å². The number of primary amides is 1. The lowest BCUT2D eigenvalue weighted by Crippen LogP contribution is -2.60. The van der Waals surface area contributed by atoms with Crippen LogP contribution in [0.5, 0.6) is 0 Å². The molecule has 2 fully saturated rings. The number of nitrogens with one attached hydrogen (secondary N) is 12. The van der Waals surface area contributed by atoms with E-state index in [-0.39, 0.29) is 120 Å². The average molecular weight is 1290 g/mol. The Hall–Kier alpha value is -8.46. The molecule has 11 amide bonds. The van der Waals surface area contributed by atoms with Crippen molar-refractivity contribution in [1.82, 2.24) is 73.5 Å². The van der Waals surface area contributed by atoms with Crippen LogP contribution in [0.15, 0.2) is 66.9 Å². The molecule has 4 heterocycles. The molecule has 0 saturated carbocycles. The average Bonchev–Trinajstić information content (AvgIpc) is 2.51. The smallest absolute Gasteiger partial charge is 0.315 e. The summed E-state index contributed by atoms with van der Waals surface area (Å²) in [4.78, 5) is 135. The number of carbonyl (C=O) groups excluding carboxylic acids is 10. The Labute approximate surface area is 531 Å². The number of aryl methyl sites for hydroxylation is 1. The van der Waals surface area contributed by atoms with Crippen molar-refractivity contribution in [3.05, 3.63) is 83.7 Å². The number of amides is 11. The SMILES string of the molecule is C[C@H]1NC(=O)[C@@H](Cc2ccccc2)NC(=O)[C@@H](CCCNC(=N)N)NC(=O)[C@@H](Cc2ccccc2)NC(=O)[C@@H](NC(=O)COCCOCCOCCNC(=O)CCCC[C@@H]2SC[C@@H]3NC(=O)N[C@@H]32)Cc2cn(nn2)CCCC[C@@H](C(N)=O)NC(=O)[C@@H](CO)NC1=O. The van der Waals surface area contributed by atoms with Crippen LogP contribution in [0.1, 0.15) is 81.5 Å². The number of ether oxygens (including phenoxy) is 3. The van der Waals surface area contributed by atoms with Gasteiger partial charge in [-0.3, -0.25) is 53.2 Å². The molecule has 10 atom stereocenters. The summed E-state index contributed by atoms with van der Waals surface area (Å²) in [5, 5.41) is 56.4.